The van der Waals surface area contributed by atoms with E-state index in [1.807, 2.05) is 43.7 Å². The van der Waals surface area contributed by atoms with Crippen LogP contribution in [0.15, 0.2) is 33.3 Å². The minimum Gasteiger partial charge on any atom is -0.382 e. The Kier molecular flexibility index (Phi) is 4.48. The summed E-state index contributed by atoms with van der Waals surface area (Å²) >= 11 is 6.98. The van der Waals surface area contributed by atoms with Crippen molar-refractivity contribution in [3.8, 4) is 0 Å². The van der Waals surface area contributed by atoms with Crippen LogP contribution in [0.1, 0.15) is 42.8 Å². The van der Waals surface area contributed by atoms with Crippen LogP contribution in [-0.4, -0.2) is 14.9 Å². The average molecular weight is 388 g/mol. The maximum Gasteiger partial charge on any atom is 0.123 e. The molecule has 1 aromatic heterocycles. The number of hydrogen-bond donors (Lipinski definition) is 1. The smallest absolute Gasteiger partial charge is 0.123 e. The number of aryl methyl sites for hydroxylation is 1. The number of aromatic nitrogens is 2. The lowest BCUT2D eigenvalue weighted by atomic mass is 10.0. The Morgan fingerprint density at radius 3 is 2.47 bits per heavy atom. The van der Waals surface area contributed by atoms with Crippen molar-refractivity contribution in [2.75, 3.05) is 0 Å². The molecule has 0 aliphatic heterocycles. The van der Waals surface area contributed by atoms with Crippen LogP contribution in [0.4, 0.5) is 0 Å². The van der Waals surface area contributed by atoms with E-state index < -0.39 is 6.10 Å². The van der Waals surface area contributed by atoms with Gasteiger partial charge in [0.2, 0.25) is 0 Å². The Morgan fingerprint density at radius 1 is 1.21 bits per heavy atom. The second-order valence-corrected chi connectivity index (χ2v) is 6.55. The predicted octanol–water partition coefficient (Wildman–Crippen LogP) is 4.38. The van der Waals surface area contributed by atoms with Crippen molar-refractivity contribution in [1.82, 2.24) is 9.78 Å². The second-order valence-electron chi connectivity index (χ2n) is 4.84. The molecule has 1 heterocycles. The second kappa shape index (κ2) is 5.77. The van der Waals surface area contributed by atoms with Crippen LogP contribution in [-0.2, 0) is 0 Å². The van der Waals surface area contributed by atoms with E-state index in [0.717, 1.165) is 25.8 Å². The van der Waals surface area contributed by atoms with Gasteiger partial charge in [0.1, 0.15) is 6.10 Å². The van der Waals surface area contributed by atoms with Crippen molar-refractivity contribution >= 4 is 31.9 Å². The number of aliphatic hydroxyl groups is 1. The monoisotopic (exact) mass is 386 g/mol. The van der Waals surface area contributed by atoms with Gasteiger partial charge in [-0.25, -0.2) is 0 Å². The van der Waals surface area contributed by atoms with Gasteiger partial charge in [-0.2, -0.15) is 5.10 Å². The first-order valence-electron chi connectivity index (χ1n) is 6.08. The minimum absolute atomic E-state index is 0.195. The molecule has 102 valence electrons. The molecule has 3 nitrogen and oxygen atoms in total. The van der Waals surface area contributed by atoms with Crippen molar-refractivity contribution in [3.63, 3.8) is 0 Å². The summed E-state index contributed by atoms with van der Waals surface area (Å²) in [7, 11) is 0. The molecule has 0 aliphatic carbocycles. The highest BCUT2D eigenvalue weighted by atomic mass is 79.9. The predicted molar refractivity (Wildman–Crippen MR) is 83.3 cm³/mol. The average Bonchev–Trinajstić information content (AvgIpc) is 2.70. The normalized spacial score (nSPS) is 13.0. The van der Waals surface area contributed by atoms with Crippen LogP contribution in [0, 0.1) is 6.92 Å². The zero-order valence-corrected chi connectivity index (χ0v) is 14.2. The van der Waals surface area contributed by atoms with E-state index in [1.165, 1.54) is 0 Å². The van der Waals surface area contributed by atoms with Crippen molar-refractivity contribution in [3.05, 3.63) is 50.2 Å². The molecule has 5 heteroatoms. The summed E-state index contributed by atoms with van der Waals surface area (Å²) in [5.41, 5.74) is 2.77. The molecule has 1 atom stereocenters. The highest BCUT2D eigenvalue weighted by molar-refractivity contribution is 9.10. The van der Waals surface area contributed by atoms with Gasteiger partial charge in [-0.3, -0.25) is 4.68 Å². The van der Waals surface area contributed by atoms with Gasteiger partial charge < -0.3 is 5.11 Å². The van der Waals surface area contributed by atoms with E-state index >= 15 is 0 Å². The van der Waals surface area contributed by atoms with Gasteiger partial charge in [0.25, 0.3) is 0 Å². The summed E-state index contributed by atoms with van der Waals surface area (Å²) in [5, 5.41) is 14.9. The largest absolute Gasteiger partial charge is 0.382 e. The van der Waals surface area contributed by atoms with E-state index in [1.54, 1.807) is 6.20 Å². The number of nitrogens with zero attached hydrogens (tertiary/aromatic N) is 2. The van der Waals surface area contributed by atoms with Crippen LogP contribution < -0.4 is 0 Å². The van der Waals surface area contributed by atoms with E-state index in [9.17, 15) is 5.11 Å². The fraction of sp³-hybridized carbons (Fsp3) is 0.357. The lowest BCUT2D eigenvalue weighted by Gasteiger charge is -2.18. The topological polar surface area (TPSA) is 38.1 Å². The maximum atomic E-state index is 10.6. The van der Waals surface area contributed by atoms with Gasteiger partial charge in [0.15, 0.2) is 0 Å². The molecule has 1 N–H and O–H groups in total. The van der Waals surface area contributed by atoms with E-state index in [0.29, 0.717) is 0 Å². The van der Waals surface area contributed by atoms with E-state index in [4.69, 9.17) is 0 Å². The number of rotatable bonds is 3. The van der Waals surface area contributed by atoms with Gasteiger partial charge in [-0.15, -0.1) is 0 Å². The van der Waals surface area contributed by atoms with Gasteiger partial charge in [0.05, 0.1) is 16.4 Å². The molecular formula is C14H16Br2N2O. The number of halogens is 2. The van der Waals surface area contributed by atoms with Gasteiger partial charge in [-0.05, 0) is 48.3 Å². The third-order valence-electron chi connectivity index (χ3n) is 2.99. The molecule has 0 bridgehead atoms. The van der Waals surface area contributed by atoms with Gasteiger partial charge in [-0.1, -0.05) is 28.1 Å². The molecule has 0 saturated carbocycles. The molecule has 0 radical (unpaired) electrons. The zero-order valence-electron chi connectivity index (χ0n) is 11.1. The molecule has 2 aromatic rings. The molecule has 1 unspecified atom stereocenters. The highest BCUT2D eigenvalue weighted by Gasteiger charge is 2.22. The van der Waals surface area contributed by atoms with Crippen LogP contribution in [0.2, 0.25) is 0 Å². The first-order chi connectivity index (χ1) is 8.91. The molecule has 0 saturated heterocycles. The Balaban J connectivity index is 2.49. The van der Waals surface area contributed by atoms with Crippen molar-refractivity contribution in [2.24, 2.45) is 0 Å². The van der Waals surface area contributed by atoms with Crippen LogP contribution in [0.5, 0.6) is 0 Å². The Hall–Kier alpha value is -0.650. The van der Waals surface area contributed by atoms with Gasteiger partial charge in [0, 0.05) is 16.1 Å². The lowest BCUT2D eigenvalue weighted by Crippen LogP contribution is -2.13. The van der Waals surface area contributed by atoms with Crippen molar-refractivity contribution < 1.29 is 5.11 Å². The summed E-state index contributed by atoms with van der Waals surface area (Å²) < 4.78 is 3.56. The maximum absolute atomic E-state index is 10.6. The molecule has 0 aliphatic rings. The first-order valence-corrected chi connectivity index (χ1v) is 7.67. The first kappa shape index (κ1) is 14.8. The van der Waals surface area contributed by atoms with Crippen LogP contribution in [0.25, 0.3) is 0 Å². The summed E-state index contributed by atoms with van der Waals surface area (Å²) in [4.78, 5) is 0. The molecule has 1 aromatic carbocycles. The summed E-state index contributed by atoms with van der Waals surface area (Å²) in [6, 6.07) is 6.13. The quantitative estimate of drug-likeness (QED) is 0.848. The number of aliphatic hydroxyl groups excluding tert-OH is 1. The molecule has 0 amide bonds. The fourth-order valence-corrected chi connectivity index (χ4v) is 3.22. The molecule has 19 heavy (non-hydrogen) atoms. The Morgan fingerprint density at radius 2 is 1.89 bits per heavy atom. The van der Waals surface area contributed by atoms with Gasteiger partial charge >= 0.3 is 0 Å². The molecule has 0 fully saturated rings. The zero-order chi connectivity index (χ0) is 14.2. The Bertz CT molecular complexity index is 593. The third kappa shape index (κ3) is 2.93. The summed E-state index contributed by atoms with van der Waals surface area (Å²) in [5.74, 6) is 0. The number of hydrogen-bond acceptors (Lipinski definition) is 2. The molecule has 2 rings (SSSR count). The van der Waals surface area contributed by atoms with Crippen molar-refractivity contribution in [2.45, 2.75) is 32.9 Å². The summed E-state index contributed by atoms with van der Waals surface area (Å²) in [6.45, 7) is 6.11. The minimum atomic E-state index is -0.714. The lowest BCUT2D eigenvalue weighted by molar-refractivity contribution is 0.203. The van der Waals surface area contributed by atoms with E-state index in [-0.39, 0.29) is 6.04 Å². The fourth-order valence-electron chi connectivity index (χ4n) is 2.02. The number of benzene rings is 1. The van der Waals surface area contributed by atoms with Crippen LogP contribution >= 0.6 is 31.9 Å². The van der Waals surface area contributed by atoms with Crippen LogP contribution in [0.3, 0.4) is 0 Å². The van der Waals surface area contributed by atoms with Crippen molar-refractivity contribution in [1.29, 1.82) is 0 Å². The highest BCUT2D eigenvalue weighted by Crippen LogP contribution is 2.34. The third-order valence-corrected chi connectivity index (χ3v) is 4.28. The Labute approximate surface area is 129 Å². The standard InChI is InChI=1S/C14H16Br2N2O/c1-8(2)18-13(12(16)7-17-18)14(19)10-5-4-9(3)6-11(10)15/h4-8,14,19H,1-3H3. The molecular weight excluding hydrogens is 372 g/mol. The summed E-state index contributed by atoms with van der Waals surface area (Å²) in [6.07, 6.45) is 1.01. The molecule has 0 spiro atoms. The SMILES string of the molecule is Cc1ccc(C(O)c2c(Br)cnn2C(C)C)c(Br)c1. The van der Waals surface area contributed by atoms with E-state index in [2.05, 4.69) is 37.0 Å².